The van der Waals surface area contributed by atoms with Crippen LogP contribution in [-0.2, 0) is 21.4 Å². The van der Waals surface area contributed by atoms with Crippen molar-refractivity contribution >= 4 is 16.0 Å². The molecular weight excluding hydrogens is 282 g/mol. The maximum atomic E-state index is 12.4. The summed E-state index contributed by atoms with van der Waals surface area (Å²) in [6.45, 7) is 4.88. The average Bonchev–Trinajstić information content (AvgIpc) is 2.76. The fourth-order valence-electron chi connectivity index (χ4n) is 2.18. The van der Waals surface area contributed by atoms with Gasteiger partial charge >= 0.3 is 5.97 Å². The molecule has 1 saturated heterocycles. The van der Waals surface area contributed by atoms with Gasteiger partial charge in [-0.25, -0.2) is 8.42 Å². The predicted octanol–water partition coefficient (Wildman–Crippen LogP) is 0.778. The third kappa shape index (κ3) is 3.18. The summed E-state index contributed by atoms with van der Waals surface area (Å²) in [7, 11) is -3.57. The lowest BCUT2D eigenvalue weighted by Crippen LogP contribution is -2.40. The number of aliphatic carboxylic acids is 1. The first kappa shape index (κ1) is 15.0. The van der Waals surface area contributed by atoms with Crippen molar-refractivity contribution in [3.63, 3.8) is 0 Å². The second-order valence-electron chi connectivity index (χ2n) is 5.84. The Labute approximate surface area is 118 Å². The van der Waals surface area contributed by atoms with Crippen LogP contribution in [0.1, 0.15) is 26.7 Å². The van der Waals surface area contributed by atoms with Gasteiger partial charge in [0.25, 0.3) is 0 Å². The summed E-state index contributed by atoms with van der Waals surface area (Å²) < 4.78 is 27.4. The molecule has 2 rings (SSSR count). The molecule has 0 spiro atoms. The van der Waals surface area contributed by atoms with Crippen LogP contribution in [0.5, 0.6) is 0 Å². The molecule has 1 fully saturated rings. The Hall–Kier alpha value is -1.41. The summed E-state index contributed by atoms with van der Waals surface area (Å²) in [5, 5.41) is 12.4. The lowest BCUT2D eigenvalue weighted by Gasteiger charge is -2.35. The molecule has 8 heteroatoms. The van der Waals surface area contributed by atoms with Gasteiger partial charge in [0, 0.05) is 19.3 Å². The van der Waals surface area contributed by atoms with Crippen molar-refractivity contribution in [2.24, 2.45) is 5.41 Å². The first-order valence-corrected chi connectivity index (χ1v) is 7.89. The van der Waals surface area contributed by atoms with Gasteiger partial charge < -0.3 is 5.11 Å². The van der Waals surface area contributed by atoms with E-state index in [1.54, 1.807) is 0 Å². The Balaban J connectivity index is 2.14. The van der Waals surface area contributed by atoms with Crippen LogP contribution in [0.25, 0.3) is 0 Å². The molecule has 2 heterocycles. The van der Waals surface area contributed by atoms with Gasteiger partial charge in [0.1, 0.15) is 11.4 Å². The maximum Gasteiger partial charge on any atom is 0.325 e. The molecule has 0 aliphatic carbocycles. The number of piperidine rings is 1. The minimum atomic E-state index is -3.57. The largest absolute Gasteiger partial charge is 0.480 e. The van der Waals surface area contributed by atoms with Crippen LogP contribution in [0.4, 0.5) is 0 Å². The van der Waals surface area contributed by atoms with Gasteiger partial charge in [-0.05, 0) is 18.3 Å². The quantitative estimate of drug-likeness (QED) is 0.887. The zero-order chi connectivity index (χ0) is 15.0. The molecule has 112 valence electrons. The topological polar surface area (TPSA) is 92.5 Å². The molecule has 1 aromatic heterocycles. The normalized spacial score (nSPS) is 19.9. The molecule has 1 aliphatic rings. The molecule has 0 amide bonds. The van der Waals surface area contributed by atoms with Gasteiger partial charge in [0.05, 0.1) is 6.20 Å². The van der Waals surface area contributed by atoms with E-state index in [9.17, 15) is 13.2 Å². The monoisotopic (exact) mass is 301 g/mol. The van der Waals surface area contributed by atoms with E-state index in [2.05, 4.69) is 18.9 Å². The molecule has 0 unspecified atom stereocenters. The van der Waals surface area contributed by atoms with Crippen LogP contribution in [0, 0.1) is 5.41 Å². The molecular formula is C12H19N3O4S. The van der Waals surface area contributed by atoms with Crippen LogP contribution in [0.15, 0.2) is 17.3 Å². The highest BCUT2D eigenvalue weighted by Crippen LogP contribution is 2.32. The first-order valence-electron chi connectivity index (χ1n) is 6.45. The second-order valence-corrected chi connectivity index (χ2v) is 7.77. The van der Waals surface area contributed by atoms with E-state index >= 15 is 0 Å². The number of aromatic nitrogens is 2. The van der Waals surface area contributed by atoms with E-state index in [0.29, 0.717) is 13.1 Å². The molecule has 20 heavy (non-hydrogen) atoms. The summed E-state index contributed by atoms with van der Waals surface area (Å²) in [5.41, 5.74) is 0.166. The van der Waals surface area contributed by atoms with E-state index in [0.717, 1.165) is 17.5 Å². The molecule has 0 radical (unpaired) electrons. The van der Waals surface area contributed by atoms with Gasteiger partial charge in [-0.2, -0.15) is 9.40 Å². The number of carboxylic acids is 1. The fourth-order valence-corrected chi connectivity index (χ4v) is 3.58. The van der Waals surface area contributed by atoms with E-state index < -0.39 is 16.0 Å². The standard InChI is InChI=1S/C12H19N3O4S/c1-12(2)3-5-15(6-4-12)20(18,19)10-7-13-14(8-10)9-11(16)17/h7-8H,3-6,9H2,1-2H3,(H,16,17). The second kappa shape index (κ2) is 5.17. The number of hydrogen-bond acceptors (Lipinski definition) is 4. The SMILES string of the molecule is CC1(C)CCN(S(=O)(=O)c2cnn(CC(=O)O)c2)CC1. The Morgan fingerprint density at radius 3 is 2.55 bits per heavy atom. The highest BCUT2D eigenvalue weighted by Gasteiger charge is 2.33. The highest BCUT2D eigenvalue weighted by molar-refractivity contribution is 7.89. The Kier molecular flexibility index (Phi) is 3.88. The van der Waals surface area contributed by atoms with Gasteiger partial charge in [-0.1, -0.05) is 13.8 Å². The van der Waals surface area contributed by atoms with Crippen LogP contribution >= 0.6 is 0 Å². The summed E-state index contributed by atoms with van der Waals surface area (Å²) in [5.74, 6) is -1.06. The average molecular weight is 301 g/mol. The molecule has 0 saturated carbocycles. The van der Waals surface area contributed by atoms with Gasteiger partial charge in [0.2, 0.25) is 10.0 Å². The highest BCUT2D eigenvalue weighted by atomic mass is 32.2. The van der Waals surface area contributed by atoms with Crippen molar-refractivity contribution in [1.29, 1.82) is 0 Å². The minimum absolute atomic E-state index is 0.0541. The Morgan fingerprint density at radius 2 is 2.00 bits per heavy atom. The van der Waals surface area contributed by atoms with E-state index in [1.807, 2.05) is 0 Å². The summed E-state index contributed by atoms with van der Waals surface area (Å²) >= 11 is 0. The zero-order valence-electron chi connectivity index (χ0n) is 11.6. The van der Waals surface area contributed by atoms with Crippen LogP contribution in [0.3, 0.4) is 0 Å². The van der Waals surface area contributed by atoms with Crippen molar-refractivity contribution in [2.75, 3.05) is 13.1 Å². The van der Waals surface area contributed by atoms with Crippen LogP contribution in [-0.4, -0.2) is 46.7 Å². The molecule has 1 aromatic rings. The molecule has 1 aliphatic heterocycles. The number of hydrogen-bond donors (Lipinski definition) is 1. The number of carboxylic acid groups (broad SMARTS) is 1. The predicted molar refractivity (Wildman–Crippen MR) is 71.6 cm³/mol. The number of sulfonamides is 1. The first-order chi connectivity index (χ1) is 9.21. The Bertz CT molecular complexity index is 596. The van der Waals surface area contributed by atoms with Gasteiger partial charge in [-0.15, -0.1) is 0 Å². The third-order valence-corrected chi connectivity index (χ3v) is 5.47. The summed E-state index contributed by atoms with van der Waals surface area (Å²) in [6, 6.07) is 0. The summed E-state index contributed by atoms with van der Waals surface area (Å²) in [4.78, 5) is 10.6. The molecule has 1 N–H and O–H groups in total. The molecule has 0 atom stereocenters. The number of carbonyl (C=O) groups is 1. The fraction of sp³-hybridized carbons (Fsp3) is 0.667. The Morgan fingerprint density at radius 1 is 1.40 bits per heavy atom. The van der Waals surface area contributed by atoms with Gasteiger partial charge in [0.15, 0.2) is 0 Å². The van der Waals surface area contributed by atoms with Crippen molar-refractivity contribution < 1.29 is 18.3 Å². The van der Waals surface area contributed by atoms with E-state index in [-0.39, 0.29) is 16.9 Å². The number of rotatable bonds is 4. The molecule has 0 aromatic carbocycles. The van der Waals surface area contributed by atoms with Crippen molar-refractivity contribution in [3.05, 3.63) is 12.4 Å². The van der Waals surface area contributed by atoms with Crippen molar-refractivity contribution in [2.45, 2.75) is 38.1 Å². The zero-order valence-corrected chi connectivity index (χ0v) is 12.4. The lowest BCUT2D eigenvalue weighted by atomic mass is 9.83. The molecule has 7 nitrogen and oxygen atoms in total. The number of nitrogens with zero attached hydrogens (tertiary/aromatic N) is 3. The van der Waals surface area contributed by atoms with Crippen LogP contribution in [0.2, 0.25) is 0 Å². The van der Waals surface area contributed by atoms with Gasteiger partial charge in [-0.3, -0.25) is 9.48 Å². The smallest absolute Gasteiger partial charge is 0.325 e. The minimum Gasteiger partial charge on any atom is -0.480 e. The van der Waals surface area contributed by atoms with Crippen LogP contribution < -0.4 is 0 Å². The van der Waals surface area contributed by atoms with E-state index in [1.165, 1.54) is 16.7 Å². The third-order valence-electron chi connectivity index (χ3n) is 3.62. The van der Waals surface area contributed by atoms with Crippen molar-refractivity contribution in [3.8, 4) is 0 Å². The van der Waals surface area contributed by atoms with Crippen molar-refractivity contribution in [1.82, 2.24) is 14.1 Å². The molecule has 0 bridgehead atoms. The summed E-state index contributed by atoms with van der Waals surface area (Å²) in [6.07, 6.45) is 4.10. The lowest BCUT2D eigenvalue weighted by molar-refractivity contribution is -0.137. The maximum absolute atomic E-state index is 12.4. The van der Waals surface area contributed by atoms with E-state index in [4.69, 9.17) is 5.11 Å².